The lowest BCUT2D eigenvalue weighted by Gasteiger charge is -2.29. The Balaban J connectivity index is 1.90. The van der Waals surface area contributed by atoms with Gasteiger partial charge in [-0.2, -0.15) is 5.10 Å². The average Bonchev–Trinajstić information content (AvgIpc) is 3.21. The minimum absolute atomic E-state index is 0.109. The Hall–Kier alpha value is -3.06. The first kappa shape index (κ1) is 25.6. The van der Waals surface area contributed by atoms with E-state index in [0.717, 1.165) is 11.1 Å². The largest absolute Gasteiger partial charge is 0.383 e. The van der Waals surface area contributed by atoms with Crippen LogP contribution < -0.4 is 0 Å². The van der Waals surface area contributed by atoms with Crippen molar-refractivity contribution in [1.82, 2.24) is 9.91 Å². The topological polar surface area (TPSA) is 62.2 Å². The highest BCUT2D eigenvalue weighted by Crippen LogP contribution is 2.33. The number of hydrazone groups is 1. The highest BCUT2D eigenvalue weighted by Gasteiger charge is 2.35. The third kappa shape index (κ3) is 6.50. The summed E-state index contributed by atoms with van der Waals surface area (Å²) in [6, 6.07) is 14.0. The Bertz CT molecular complexity index is 1040. The predicted octanol–water partition coefficient (Wildman–Crippen LogP) is 4.72. The number of carbonyl (C=O) groups is 2. The number of methoxy groups -OCH3 is 1. The van der Waals surface area contributed by atoms with Crippen molar-refractivity contribution in [2.45, 2.75) is 46.6 Å². The molecular formula is C27H34FN3O3. The van der Waals surface area contributed by atoms with E-state index >= 15 is 0 Å². The smallest absolute Gasteiger partial charge is 0.262 e. The third-order valence-corrected chi connectivity index (χ3v) is 5.74. The van der Waals surface area contributed by atoms with Crippen molar-refractivity contribution in [2.24, 2.45) is 10.5 Å². The summed E-state index contributed by atoms with van der Waals surface area (Å²) in [6.45, 7) is 8.48. The van der Waals surface area contributed by atoms with Crippen LogP contribution in [0.3, 0.4) is 0 Å². The summed E-state index contributed by atoms with van der Waals surface area (Å²) in [5.41, 5.74) is 2.71. The zero-order valence-electron chi connectivity index (χ0n) is 20.7. The molecule has 0 spiro atoms. The number of aryl methyl sites for hydroxylation is 1. The van der Waals surface area contributed by atoms with Crippen molar-refractivity contribution in [3.8, 4) is 0 Å². The zero-order chi connectivity index (χ0) is 24.9. The van der Waals surface area contributed by atoms with E-state index in [-0.39, 0.29) is 35.6 Å². The summed E-state index contributed by atoms with van der Waals surface area (Å²) in [5, 5.41) is 5.97. The van der Waals surface area contributed by atoms with Crippen LogP contribution >= 0.6 is 0 Å². The molecule has 6 nitrogen and oxygen atoms in total. The van der Waals surface area contributed by atoms with Gasteiger partial charge < -0.3 is 9.64 Å². The fourth-order valence-electron chi connectivity index (χ4n) is 3.94. The lowest BCUT2D eigenvalue weighted by molar-refractivity contribution is -0.143. The van der Waals surface area contributed by atoms with Crippen molar-refractivity contribution in [3.05, 3.63) is 71.0 Å². The molecule has 182 valence electrons. The monoisotopic (exact) mass is 467 g/mol. The highest BCUT2D eigenvalue weighted by molar-refractivity contribution is 6.03. The normalized spacial score (nSPS) is 15.9. The molecule has 2 aromatic carbocycles. The van der Waals surface area contributed by atoms with Gasteiger partial charge in [-0.05, 0) is 24.0 Å². The van der Waals surface area contributed by atoms with Crippen molar-refractivity contribution in [1.29, 1.82) is 0 Å². The molecular weight excluding hydrogens is 433 g/mol. The van der Waals surface area contributed by atoms with Gasteiger partial charge in [-0.15, -0.1) is 0 Å². The second-order valence-electron chi connectivity index (χ2n) is 9.94. The van der Waals surface area contributed by atoms with E-state index in [1.807, 2.05) is 52.0 Å². The third-order valence-electron chi connectivity index (χ3n) is 5.74. The number of carbonyl (C=O) groups excluding carboxylic acids is 2. The maximum Gasteiger partial charge on any atom is 0.262 e. The molecule has 0 aromatic heterocycles. The first-order valence-electron chi connectivity index (χ1n) is 11.6. The van der Waals surface area contributed by atoms with E-state index < -0.39 is 0 Å². The van der Waals surface area contributed by atoms with Gasteiger partial charge in [0.15, 0.2) is 0 Å². The summed E-state index contributed by atoms with van der Waals surface area (Å²) in [6.07, 6.45) is 0.707. The number of nitrogens with zero attached hydrogens (tertiary/aromatic N) is 3. The summed E-state index contributed by atoms with van der Waals surface area (Å²) in [7, 11) is 1.56. The number of hydrogen-bond donors (Lipinski definition) is 0. The van der Waals surface area contributed by atoms with Crippen LogP contribution in [-0.2, 0) is 14.3 Å². The SMILES string of the molecule is COCCN(CC(=O)N1N=C(c2ccccc2F)CC1c1ccc(C)cc1)C(=O)CC(C)(C)C. The summed E-state index contributed by atoms with van der Waals surface area (Å²) in [5.74, 6) is -0.794. The maximum absolute atomic E-state index is 14.5. The maximum atomic E-state index is 14.5. The number of hydrogen-bond acceptors (Lipinski definition) is 4. The Kier molecular flexibility index (Phi) is 8.20. The zero-order valence-corrected chi connectivity index (χ0v) is 20.7. The molecule has 34 heavy (non-hydrogen) atoms. The lowest BCUT2D eigenvalue weighted by atomic mass is 9.91. The van der Waals surface area contributed by atoms with E-state index in [0.29, 0.717) is 37.3 Å². The van der Waals surface area contributed by atoms with Crippen molar-refractivity contribution < 1.29 is 18.7 Å². The highest BCUT2D eigenvalue weighted by atomic mass is 19.1. The molecule has 1 aliphatic heterocycles. The molecule has 0 saturated carbocycles. The van der Waals surface area contributed by atoms with Crippen molar-refractivity contribution in [2.75, 3.05) is 26.8 Å². The molecule has 0 fully saturated rings. The van der Waals surface area contributed by atoms with Gasteiger partial charge in [-0.1, -0.05) is 68.8 Å². The molecule has 0 bridgehead atoms. The van der Waals surface area contributed by atoms with Crippen LogP contribution in [0.15, 0.2) is 53.6 Å². The molecule has 1 atom stereocenters. The van der Waals surface area contributed by atoms with Gasteiger partial charge in [0.2, 0.25) is 5.91 Å². The van der Waals surface area contributed by atoms with Crippen molar-refractivity contribution in [3.63, 3.8) is 0 Å². The van der Waals surface area contributed by atoms with E-state index in [9.17, 15) is 14.0 Å². The van der Waals surface area contributed by atoms with Crippen LogP contribution in [0.25, 0.3) is 0 Å². The quantitative estimate of drug-likeness (QED) is 0.564. The number of amides is 2. The molecule has 7 heteroatoms. The summed E-state index contributed by atoms with van der Waals surface area (Å²) >= 11 is 0. The van der Waals surface area contributed by atoms with Gasteiger partial charge in [0.25, 0.3) is 5.91 Å². The van der Waals surface area contributed by atoms with E-state index in [1.165, 1.54) is 16.0 Å². The van der Waals surface area contributed by atoms with Crippen LogP contribution in [0.1, 0.15) is 56.3 Å². The number of ether oxygens (including phenoxy) is 1. The molecule has 1 aliphatic rings. The fourth-order valence-corrected chi connectivity index (χ4v) is 3.94. The summed E-state index contributed by atoms with van der Waals surface area (Å²) in [4.78, 5) is 28.0. The Morgan fingerprint density at radius 2 is 1.82 bits per heavy atom. The molecule has 0 aliphatic carbocycles. The van der Waals surface area contributed by atoms with Gasteiger partial charge in [0.05, 0.1) is 18.4 Å². The predicted molar refractivity (Wildman–Crippen MR) is 131 cm³/mol. The summed E-state index contributed by atoms with van der Waals surface area (Å²) < 4.78 is 19.7. The van der Waals surface area contributed by atoms with Crippen molar-refractivity contribution >= 4 is 17.5 Å². The van der Waals surface area contributed by atoms with Crippen LogP contribution in [0.5, 0.6) is 0 Å². The number of benzene rings is 2. The molecule has 2 amide bonds. The van der Waals surface area contributed by atoms with Gasteiger partial charge in [-0.25, -0.2) is 9.40 Å². The van der Waals surface area contributed by atoms with Crippen LogP contribution in [0, 0.1) is 18.2 Å². The lowest BCUT2D eigenvalue weighted by Crippen LogP contribution is -2.43. The van der Waals surface area contributed by atoms with Gasteiger partial charge in [0.1, 0.15) is 12.4 Å². The van der Waals surface area contributed by atoms with E-state index in [1.54, 1.807) is 25.3 Å². The molecule has 0 radical (unpaired) electrons. The molecule has 1 unspecified atom stereocenters. The first-order chi connectivity index (χ1) is 16.1. The Labute approximate surface area is 201 Å². The number of halogens is 1. The molecule has 2 aromatic rings. The molecule has 0 saturated heterocycles. The average molecular weight is 468 g/mol. The second kappa shape index (κ2) is 10.9. The minimum Gasteiger partial charge on any atom is -0.383 e. The number of rotatable bonds is 8. The molecule has 3 rings (SSSR count). The first-order valence-corrected chi connectivity index (χ1v) is 11.6. The second-order valence-corrected chi connectivity index (χ2v) is 9.94. The van der Waals surface area contributed by atoms with Crippen LogP contribution in [0.4, 0.5) is 4.39 Å². The van der Waals surface area contributed by atoms with Gasteiger partial charge in [-0.3, -0.25) is 9.59 Å². The molecule has 0 N–H and O–H groups in total. The Morgan fingerprint density at radius 3 is 2.44 bits per heavy atom. The fraction of sp³-hybridized carbons (Fsp3) is 0.444. The molecule has 1 heterocycles. The minimum atomic E-state index is -0.375. The van der Waals surface area contributed by atoms with Gasteiger partial charge >= 0.3 is 0 Å². The van der Waals surface area contributed by atoms with Gasteiger partial charge in [0, 0.05) is 32.1 Å². The van der Waals surface area contributed by atoms with Crippen LogP contribution in [-0.4, -0.2) is 54.2 Å². The van der Waals surface area contributed by atoms with E-state index in [4.69, 9.17) is 4.74 Å². The van der Waals surface area contributed by atoms with Crippen LogP contribution in [0.2, 0.25) is 0 Å². The van der Waals surface area contributed by atoms with E-state index in [2.05, 4.69) is 5.10 Å². The Morgan fingerprint density at radius 1 is 1.15 bits per heavy atom. The standard InChI is InChI=1S/C27H34FN3O3/c1-19-10-12-20(13-11-19)24-16-23(21-8-6-7-9-22(21)28)29-31(24)26(33)18-30(14-15-34-5)25(32)17-27(2,3)4/h6-13,24H,14-18H2,1-5H3.